The molecular weight excluding hydrogens is 400 g/mol. The number of methoxy groups -OCH3 is 1. The molecule has 2 aromatic rings. The Balaban J connectivity index is 1.86. The fourth-order valence-corrected chi connectivity index (χ4v) is 3.40. The number of likely N-dealkylation sites (N-methyl/N-ethyl adjacent to an activating group) is 1. The number of benzene rings is 1. The third kappa shape index (κ3) is 5.62. The van der Waals surface area contributed by atoms with Crippen molar-refractivity contribution in [2.75, 3.05) is 39.2 Å². The number of amides is 2. The molecule has 31 heavy (non-hydrogen) atoms. The maximum Gasteiger partial charge on any atom is 0.277 e. The van der Waals surface area contributed by atoms with E-state index in [0.717, 1.165) is 6.54 Å². The molecule has 0 spiro atoms. The third-order valence-corrected chi connectivity index (χ3v) is 5.35. The number of aromatic nitrogens is 1. The molecule has 168 valence electrons. The van der Waals surface area contributed by atoms with E-state index in [9.17, 15) is 9.59 Å². The molecule has 1 aromatic heterocycles. The van der Waals surface area contributed by atoms with Crippen molar-refractivity contribution >= 4 is 17.5 Å². The molecule has 2 heterocycles. The zero-order valence-corrected chi connectivity index (χ0v) is 18.6. The highest BCUT2D eigenvalue weighted by atomic mass is 16.5. The van der Waals surface area contributed by atoms with Crippen LogP contribution in [-0.4, -0.2) is 67.9 Å². The van der Waals surface area contributed by atoms with Crippen molar-refractivity contribution in [2.45, 2.75) is 32.9 Å². The highest BCUT2D eigenvalue weighted by Gasteiger charge is 2.25. The van der Waals surface area contributed by atoms with Gasteiger partial charge in [0.1, 0.15) is 18.1 Å². The first-order valence-corrected chi connectivity index (χ1v) is 10.3. The highest BCUT2D eigenvalue weighted by molar-refractivity contribution is 6.03. The molecule has 0 fully saturated rings. The topological polar surface area (TPSA) is 106 Å². The number of aryl methyl sites for hydroxylation is 1. The second-order valence-electron chi connectivity index (χ2n) is 8.05. The lowest BCUT2D eigenvalue weighted by atomic mass is 10.0. The van der Waals surface area contributed by atoms with Gasteiger partial charge in [0.2, 0.25) is 0 Å². The highest BCUT2D eigenvalue weighted by Crippen LogP contribution is 2.26. The Hall–Kier alpha value is -2.91. The second-order valence-corrected chi connectivity index (χ2v) is 8.05. The molecule has 3 atom stereocenters. The van der Waals surface area contributed by atoms with E-state index >= 15 is 0 Å². The standard InChI is InChI=1S/C22H30N4O5/c1-13-10-23-14(2)12-30-19-9-16(24-21(27)18-8-15(3)31-25-18)6-7-17(19)22(28)26(4)11-20(13)29-5/h6-9,13-14,20,23H,10-12H2,1-5H3,(H,24,27)/t13-,14-,20-/m1/s1. The predicted molar refractivity (Wildman–Crippen MR) is 116 cm³/mol. The molecule has 2 N–H and O–H groups in total. The Labute approximate surface area is 182 Å². The molecule has 9 heteroatoms. The molecule has 0 radical (unpaired) electrons. The van der Waals surface area contributed by atoms with Crippen LogP contribution in [0.1, 0.15) is 40.5 Å². The lowest BCUT2D eigenvalue weighted by molar-refractivity contribution is 0.0281. The summed E-state index contributed by atoms with van der Waals surface area (Å²) in [6.45, 7) is 7.39. The fraction of sp³-hybridized carbons (Fsp3) is 0.500. The maximum atomic E-state index is 13.1. The summed E-state index contributed by atoms with van der Waals surface area (Å²) in [6.07, 6.45) is -0.0954. The smallest absolute Gasteiger partial charge is 0.277 e. The normalized spacial score (nSPS) is 22.7. The quantitative estimate of drug-likeness (QED) is 0.770. The molecule has 0 saturated heterocycles. The van der Waals surface area contributed by atoms with E-state index < -0.39 is 5.91 Å². The van der Waals surface area contributed by atoms with Crippen molar-refractivity contribution in [3.8, 4) is 5.75 Å². The molecule has 3 rings (SSSR count). The number of hydrogen-bond acceptors (Lipinski definition) is 7. The Bertz CT molecular complexity index is 928. The SMILES string of the molecule is CO[C@@H]1CN(C)C(=O)c2ccc(NC(=O)c3cc(C)on3)cc2OC[C@@H](C)NC[C@H]1C. The van der Waals surface area contributed by atoms with Gasteiger partial charge in [-0.05, 0) is 31.9 Å². The zero-order chi connectivity index (χ0) is 22.5. The molecule has 9 nitrogen and oxygen atoms in total. The van der Waals surface area contributed by atoms with Crippen LogP contribution >= 0.6 is 0 Å². The van der Waals surface area contributed by atoms with Crippen LogP contribution in [0.3, 0.4) is 0 Å². The summed E-state index contributed by atoms with van der Waals surface area (Å²) in [7, 11) is 3.41. The van der Waals surface area contributed by atoms with Crippen LogP contribution in [0.15, 0.2) is 28.8 Å². The van der Waals surface area contributed by atoms with Crippen molar-refractivity contribution < 1.29 is 23.6 Å². The van der Waals surface area contributed by atoms with Crippen molar-refractivity contribution in [2.24, 2.45) is 5.92 Å². The lowest BCUT2D eigenvalue weighted by Gasteiger charge is -2.30. The van der Waals surface area contributed by atoms with Crippen LogP contribution < -0.4 is 15.4 Å². The van der Waals surface area contributed by atoms with Crippen LogP contribution in [0, 0.1) is 12.8 Å². The van der Waals surface area contributed by atoms with E-state index in [1.54, 1.807) is 50.2 Å². The van der Waals surface area contributed by atoms with Gasteiger partial charge >= 0.3 is 0 Å². The second kappa shape index (κ2) is 9.93. The van der Waals surface area contributed by atoms with Gasteiger partial charge in [-0.15, -0.1) is 0 Å². The Morgan fingerprint density at radius 1 is 1.32 bits per heavy atom. The molecule has 0 saturated carbocycles. The number of carbonyl (C=O) groups excluding carboxylic acids is 2. The number of carbonyl (C=O) groups is 2. The number of nitrogens with zero attached hydrogens (tertiary/aromatic N) is 2. The van der Waals surface area contributed by atoms with E-state index in [0.29, 0.717) is 35.9 Å². The molecule has 0 unspecified atom stereocenters. The largest absolute Gasteiger partial charge is 0.491 e. The average Bonchev–Trinajstić information content (AvgIpc) is 3.19. The van der Waals surface area contributed by atoms with Crippen molar-refractivity contribution in [3.05, 3.63) is 41.3 Å². The van der Waals surface area contributed by atoms with Crippen LogP contribution in [-0.2, 0) is 4.74 Å². The van der Waals surface area contributed by atoms with Gasteiger partial charge < -0.3 is 29.5 Å². The van der Waals surface area contributed by atoms with Gasteiger partial charge in [-0.2, -0.15) is 0 Å². The molecule has 2 amide bonds. The average molecular weight is 431 g/mol. The number of anilines is 1. The van der Waals surface area contributed by atoms with Gasteiger partial charge in [-0.1, -0.05) is 12.1 Å². The number of nitrogens with one attached hydrogen (secondary N) is 2. The monoisotopic (exact) mass is 430 g/mol. The number of ether oxygens (including phenoxy) is 2. The summed E-state index contributed by atoms with van der Waals surface area (Å²) >= 11 is 0. The maximum absolute atomic E-state index is 13.1. The summed E-state index contributed by atoms with van der Waals surface area (Å²) in [5, 5.41) is 9.93. The van der Waals surface area contributed by atoms with Crippen molar-refractivity contribution in [3.63, 3.8) is 0 Å². The predicted octanol–water partition coefficient (Wildman–Crippen LogP) is 2.33. The van der Waals surface area contributed by atoms with Crippen LogP contribution in [0.4, 0.5) is 5.69 Å². The number of rotatable bonds is 3. The summed E-state index contributed by atoms with van der Waals surface area (Å²) in [4.78, 5) is 27.2. The Kier molecular flexibility index (Phi) is 7.29. The van der Waals surface area contributed by atoms with E-state index in [1.807, 2.05) is 6.92 Å². The van der Waals surface area contributed by atoms with Gasteiger partial charge in [-0.25, -0.2) is 0 Å². The fourth-order valence-electron chi connectivity index (χ4n) is 3.40. The van der Waals surface area contributed by atoms with E-state index in [1.165, 1.54) is 0 Å². The molecule has 0 aliphatic carbocycles. The molecule has 1 aliphatic heterocycles. The summed E-state index contributed by atoms with van der Waals surface area (Å²) in [5.74, 6) is 0.599. The van der Waals surface area contributed by atoms with Crippen LogP contribution in [0.5, 0.6) is 5.75 Å². The lowest BCUT2D eigenvalue weighted by Crippen LogP contribution is -2.44. The Morgan fingerprint density at radius 2 is 2.10 bits per heavy atom. The van der Waals surface area contributed by atoms with E-state index in [2.05, 4.69) is 22.7 Å². The minimum Gasteiger partial charge on any atom is -0.491 e. The minimum atomic E-state index is -0.402. The molecular formula is C22H30N4O5. The van der Waals surface area contributed by atoms with Gasteiger partial charge in [0.05, 0.1) is 11.7 Å². The first-order valence-electron chi connectivity index (χ1n) is 10.3. The van der Waals surface area contributed by atoms with Gasteiger partial charge in [0, 0.05) is 51.1 Å². The third-order valence-electron chi connectivity index (χ3n) is 5.35. The first kappa shape index (κ1) is 22.8. The van der Waals surface area contributed by atoms with E-state index in [4.69, 9.17) is 14.0 Å². The van der Waals surface area contributed by atoms with Crippen molar-refractivity contribution in [1.29, 1.82) is 0 Å². The summed E-state index contributed by atoms with van der Waals surface area (Å²) < 4.78 is 16.6. The van der Waals surface area contributed by atoms with Gasteiger partial charge in [0.15, 0.2) is 5.69 Å². The molecule has 1 aromatic carbocycles. The van der Waals surface area contributed by atoms with Gasteiger partial charge in [-0.3, -0.25) is 9.59 Å². The first-order chi connectivity index (χ1) is 14.8. The Morgan fingerprint density at radius 3 is 2.77 bits per heavy atom. The van der Waals surface area contributed by atoms with Crippen LogP contribution in [0.25, 0.3) is 0 Å². The van der Waals surface area contributed by atoms with Crippen molar-refractivity contribution in [1.82, 2.24) is 15.4 Å². The number of fused-ring (bicyclic) bond motifs is 1. The zero-order valence-electron chi connectivity index (χ0n) is 18.6. The number of hydrogen-bond donors (Lipinski definition) is 2. The molecule has 1 aliphatic rings. The molecule has 0 bridgehead atoms. The van der Waals surface area contributed by atoms with Gasteiger partial charge in [0.25, 0.3) is 11.8 Å². The minimum absolute atomic E-state index is 0.0661. The van der Waals surface area contributed by atoms with Crippen LogP contribution in [0.2, 0.25) is 0 Å². The summed E-state index contributed by atoms with van der Waals surface area (Å²) in [6, 6.07) is 6.60. The summed E-state index contributed by atoms with van der Waals surface area (Å²) in [5.41, 5.74) is 1.10. The van der Waals surface area contributed by atoms with E-state index in [-0.39, 0.29) is 29.7 Å².